The van der Waals surface area contributed by atoms with Gasteiger partial charge in [0.1, 0.15) is 4.99 Å². The fraction of sp³-hybridized carbons (Fsp3) is 0.467. The Morgan fingerprint density at radius 1 is 1.38 bits per heavy atom. The second-order valence-corrected chi connectivity index (χ2v) is 5.50. The smallest absolute Gasteiger partial charge is 0.225 e. The van der Waals surface area contributed by atoms with Crippen molar-refractivity contribution in [1.82, 2.24) is 4.90 Å². The van der Waals surface area contributed by atoms with E-state index in [2.05, 4.69) is 10.2 Å². The van der Waals surface area contributed by atoms with Crippen molar-refractivity contribution >= 4 is 28.8 Å². The van der Waals surface area contributed by atoms with Gasteiger partial charge in [0.05, 0.1) is 12.3 Å². The van der Waals surface area contributed by atoms with E-state index in [0.717, 1.165) is 0 Å². The van der Waals surface area contributed by atoms with Gasteiger partial charge < -0.3 is 16.2 Å². The van der Waals surface area contributed by atoms with Crippen LogP contribution in [0.1, 0.15) is 25.8 Å². The first-order valence-electron chi connectivity index (χ1n) is 6.99. The van der Waals surface area contributed by atoms with Crippen LogP contribution in [0.3, 0.4) is 0 Å². The maximum Gasteiger partial charge on any atom is 0.225 e. The van der Waals surface area contributed by atoms with Gasteiger partial charge in [-0.05, 0) is 26.0 Å². The molecule has 0 aromatic heterocycles. The molecule has 21 heavy (non-hydrogen) atoms. The van der Waals surface area contributed by atoms with Gasteiger partial charge >= 0.3 is 0 Å². The molecule has 0 aliphatic carbocycles. The first kappa shape index (κ1) is 17.6. The summed E-state index contributed by atoms with van der Waals surface area (Å²) in [6, 6.07) is 7.49. The first-order valence-corrected chi connectivity index (χ1v) is 7.40. The number of hydrogen-bond acceptors (Lipinski definition) is 4. The number of amides is 1. The number of aliphatic hydroxyl groups is 1. The molecule has 0 heterocycles. The average molecular weight is 309 g/mol. The highest BCUT2D eigenvalue weighted by Gasteiger charge is 2.12. The van der Waals surface area contributed by atoms with Gasteiger partial charge in [0.15, 0.2) is 0 Å². The fourth-order valence-electron chi connectivity index (χ4n) is 2.02. The van der Waals surface area contributed by atoms with E-state index < -0.39 is 0 Å². The van der Waals surface area contributed by atoms with E-state index in [0.29, 0.717) is 30.8 Å². The summed E-state index contributed by atoms with van der Waals surface area (Å²) < 4.78 is 0. The minimum absolute atomic E-state index is 0.0874. The molecular formula is C15H23N3O2S. The van der Waals surface area contributed by atoms with Crippen LogP contribution in [-0.4, -0.2) is 46.6 Å². The summed E-state index contributed by atoms with van der Waals surface area (Å²) in [5.74, 6) is -0.0951. The van der Waals surface area contributed by atoms with Crippen molar-refractivity contribution in [3.05, 3.63) is 29.8 Å². The Bertz CT molecular complexity index is 492. The Kier molecular flexibility index (Phi) is 7.28. The number of aliphatic hydroxyl groups excluding tert-OH is 1. The van der Waals surface area contributed by atoms with Gasteiger partial charge in [-0.15, -0.1) is 0 Å². The molecule has 0 aliphatic rings. The molecule has 0 atom stereocenters. The van der Waals surface area contributed by atoms with Gasteiger partial charge in [0.25, 0.3) is 0 Å². The zero-order chi connectivity index (χ0) is 15.8. The predicted molar refractivity (Wildman–Crippen MR) is 89.4 cm³/mol. The lowest BCUT2D eigenvalue weighted by atomic mass is 10.1. The summed E-state index contributed by atoms with van der Waals surface area (Å²) in [6.07, 6.45) is 0.351. The number of rotatable bonds is 8. The van der Waals surface area contributed by atoms with E-state index in [9.17, 15) is 4.79 Å². The van der Waals surface area contributed by atoms with E-state index in [-0.39, 0.29) is 23.5 Å². The lowest BCUT2D eigenvalue weighted by Gasteiger charge is -2.25. The summed E-state index contributed by atoms with van der Waals surface area (Å²) >= 11 is 4.97. The van der Waals surface area contributed by atoms with Crippen LogP contribution < -0.4 is 11.1 Å². The van der Waals surface area contributed by atoms with Gasteiger partial charge in [0.2, 0.25) is 5.91 Å². The number of anilines is 1. The molecule has 1 aromatic rings. The van der Waals surface area contributed by atoms with E-state index >= 15 is 0 Å². The molecule has 0 aliphatic heterocycles. The predicted octanol–water partition coefficient (Wildman–Crippen LogP) is 1.35. The number of hydrogen-bond donors (Lipinski definition) is 3. The summed E-state index contributed by atoms with van der Waals surface area (Å²) in [4.78, 5) is 14.3. The molecule has 5 nitrogen and oxygen atoms in total. The third kappa shape index (κ3) is 5.79. The Balaban J connectivity index is 2.60. The minimum Gasteiger partial charge on any atom is -0.395 e. The van der Waals surface area contributed by atoms with Gasteiger partial charge in [0, 0.05) is 31.1 Å². The molecule has 0 spiro atoms. The molecule has 1 amide bonds. The number of carbonyl (C=O) groups is 1. The standard InChI is InChI=1S/C15H23N3O2S/c1-11(2)18(9-10-19)8-7-14(20)17-13-6-4-3-5-12(13)15(16)21/h3-6,11,19H,7-10H2,1-2H3,(H2,16,21)(H,17,20). The highest BCUT2D eigenvalue weighted by Crippen LogP contribution is 2.15. The highest BCUT2D eigenvalue weighted by molar-refractivity contribution is 7.80. The monoisotopic (exact) mass is 309 g/mol. The topological polar surface area (TPSA) is 78.6 Å². The summed E-state index contributed by atoms with van der Waals surface area (Å²) in [5.41, 5.74) is 6.93. The number of nitrogens with zero attached hydrogens (tertiary/aromatic N) is 1. The van der Waals surface area contributed by atoms with E-state index in [4.69, 9.17) is 23.1 Å². The van der Waals surface area contributed by atoms with Crippen molar-refractivity contribution < 1.29 is 9.90 Å². The van der Waals surface area contributed by atoms with Crippen molar-refractivity contribution in [3.63, 3.8) is 0 Å². The summed E-state index contributed by atoms with van der Waals surface area (Å²) in [7, 11) is 0. The molecule has 6 heteroatoms. The zero-order valence-corrected chi connectivity index (χ0v) is 13.3. The first-order chi connectivity index (χ1) is 9.95. The largest absolute Gasteiger partial charge is 0.395 e. The van der Waals surface area contributed by atoms with Crippen LogP contribution >= 0.6 is 12.2 Å². The molecular weight excluding hydrogens is 286 g/mol. The van der Waals surface area contributed by atoms with Crippen LogP contribution in [0, 0.1) is 0 Å². The van der Waals surface area contributed by atoms with E-state index in [1.165, 1.54) is 0 Å². The van der Waals surface area contributed by atoms with Crippen molar-refractivity contribution in [1.29, 1.82) is 0 Å². The lowest BCUT2D eigenvalue weighted by molar-refractivity contribution is -0.116. The van der Waals surface area contributed by atoms with Crippen molar-refractivity contribution in [2.24, 2.45) is 5.73 Å². The molecule has 0 bridgehead atoms. The average Bonchev–Trinajstić information content (AvgIpc) is 2.43. The zero-order valence-electron chi connectivity index (χ0n) is 12.5. The molecule has 0 saturated heterocycles. The summed E-state index contributed by atoms with van der Waals surface area (Å²) in [6.45, 7) is 5.32. The Morgan fingerprint density at radius 2 is 2.05 bits per heavy atom. The Hall–Kier alpha value is -1.50. The number of benzene rings is 1. The molecule has 0 radical (unpaired) electrons. The van der Waals surface area contributed by atoms with E-state index in [1.807, 2.05) is 26.0 Å². The van der Waals surface area contributed by atoms with Crippen molar-refractivity contribution in [3.8, 4) is 0 Å². The third-order valence-electron chi connectivity index (χ3n) is 3.21. The number of nitrogens with one attached hydrogen (secondary N) is 1. The highest BCUT2D eigenvalue weighted by atomic mass is 32.1. The third-order valence-corrected chi connectivity index (χ3v) is 3.43. The maximum atomic E-state index is 12.0. The van der Waals surface area contributed by atoms with Crippen molar-refractivity contribution in [2.75, 3.05) is 25.0 Å². The van der Waals surface area contributed by atoms with Crippen LogP contribution in [0.5, 0.6) is 0 Å². The van der Waals surface area contributed by atoms with Crippen LogP contribution in [0.2, 0.25) is 0 Å². The normalized spacial score (nSPS) is 10.9. The quantitative estimate of drug-likeness (QED) is 0.632. The number of thiocarbonyl (C=S) groups is 1. The molecule has 1 aromatic carbocycles. The maximum absolute atomic E-state index is 12.0. The minimum atomic E-state index is -0.0951. The van der Waals surface area contributed by atoms with Gasteiger partial charge in [-0.25, -0.2) is 0 Å². The van der Waals surface area contributed by atoms with E-state index in [1.54, 1.807) is 12.1 Å². The molecule has 4 N–H and O–H groups in total. The second-order valence-electron chi connectivity index (χ2n) is 5.06. The van der Waals surface area contributed by atoms with Crippen LogP contribution in [0.4, 0.5) is 5.69 Å². The fourth-order valence-corrected chi connectivity index (χ4v) is 2.20. The van der Waals surface area contributed by atoms with Crippen molar-refractivity contribution in [2.45, 2.75) is 26.3 Å². The van der Waals surface area contributed by atoms with Crippen LogP contribution in [-0.2, 0) is 4.79 Å². The molecule has 0 saturated carbocycles. The van der Waals surface area contributed by atoms with Gasteiger partial charge in [-0.3, -0.25) is 9.69 Å². The number of nitrogens with two attached hydrogens (primary N) is 1. The molecule has 0 unspecified atom stereocenters. The molecule has 116 valence electrons. The Morgan fingerprint density at radius 3 is 2.62 bits per heavy atom. The lowest BCUT2D eigenvalue weighted by Crippen LogP contribution is -2.36. The second kappa shape index (κ2) is 8.71. The van der Waals surface area contributed by atoms with Crippen LogP contribution in [0.15, 0.2) is 24.3 Å². The van der Waals surface area contributed by atoms with Gasteiger partial charge in [-0.2, -0.15) is 0 Å². The molecule has 0 fully saturated rings. The van der Waals surface area contributed by atoms with Crippen LogP contribution in [0.25, 0.3) is 0 Å². The number of para-hydroxylation sites is 1. The van der Waals surface area contributed by atoms with Gasteiger partial charge in [-0.1, -0.05) is 24.4 Å². The number of carbonyl (C=O) groups excluding carboxylic acids is 1. The molecule has 1 rings (SSSR count). The summed E-state index contributed by atoms with van der Waals surface area (Å²) in [5, 5.41) is 11.8. The SMILES string of the molecule is CC(C)N(CCO)CCC(=O)Nc1ccccc1C(N)=S. The Labute approximate surface area is 131 Å².